The van der Waals surface area contributed by atoms with E-state index in [1.807, 2.05) is 4.90 Å². The molecule has 1 N–H and O–H groups in total. The molecule has 1 heterocycles. The monoisotopic (exact) mass is 288 g/mol. The van der Waals surface area contributed by atoms with Gasteiger partial charge in [0, 0.05) is 25.4 Å². The topological polar surface area (TPSA) is 66.5 Å². The van der Waals surface area contributed by atoms with Crippen LogP contribution in [0.4, 0.5) is 0 Å². The standard InChI is InChI=1S/C13H24N2O3S/c1-19(17,18)12-7-5-6-11(12)14-10-13(16)15-8-3-2-4-9-15/h11-12,14H,2-10H2,1H3. The summed E-state index contributed by atoms with van der Waals surface area (Å²) < 4.78 is 23.3. The van der Waals surface area contributed by atoms with E-state index in [0.717, 1.165) is 38.8 Å². The van der Waals surface area contributed by atoms with Crippen molar-refractivity contribution in [2.24, 2.45) is 0 Å². The number of hydrogen-bond donors (Lipinski definition) is 1. The summed E-state index contributed by atoms with van der Waals surface area (Å²) in [6, 6.07) is -0.0521. The van der Waals surface area contributed by atoms with Crippen LogP contribution in [-0.4, -0.2) is 56.4 Å². The van der Waals surface area contributed by atoms with E-state index in [-0.39, 0.29) is 23.7 Å². The number of hydrogen-bond acceptors (Lipinski definition) is 4. The van der Waals surface area contributed by atoms with Crippen LogP contribution in [0.3, 0.4) is 0 Å². The molecule has 5 nitrogen and oxygen atoms in total. The Balaban J connectivity index is 1.82. The second-order valence-corrected chi connectivity index (χ2v) is 7.99. The number of amides is 1. The molecule has 1 aliphatic carbocycles. The number of nitrogens with zero attached hydrogens (tertiary/aromatic N) is 1. The molecule has 19 heavy (non-hydrogen) atoms. The van der Waals surface area contributed by atoms with Gasteiger partial charge < -0.3 is 10.2 Å². The Morgan fingerprint density at radius 3 is 2.47 bits per heavy atom. The third-order valence-electron chi connectivity index (χ3n) is 4.23. The minimum absolute atomic E-state index is 0.0521. The van der Waals surface area contributed by atoms with E-state index in [1.54, 1.807) is 0 Å². The van der Waals surface area contributed by atoms with E-state index < -0.39 is 9.84 Å². The molecule has 2 atom stereocenters. The summed E-state index contributed by atoms with van der Waals surface area (Å²) in [5.41, 5.74) is 0. The van der Waals surface area contributed by atoms with Crippen molar-refractivity contribution < 1.29 is 13.2 Å². The van der Waals surface area contributed by atoms with Crippen molar-refractivity contribution in [1.82, 2.24) is 10.2 Å². The first-order valence-electron chi connectivity index (χ1n) is 7.18. The number of piperidine rings is 1. The first-order valence-corrected chi connectivity index (χ1v) is 9.14. The molecule has 1 saturated carbocycles. The number of carbonyl (C=O) groups is 1. The van der Waals surface area contributed by atoms with Gasteiger partial charge in [-0.2, -0.15) is 0 Å². The lowest BCUT2D eigenvalue weighted by atomic mass is 10.1. The zero-order valence-electron chi connectivity index (χ0n) is 11.6. The lowest BCUT2D eigenvalue weighted by Crippen LogP contribution is -2.47. The molecule has 1 aliphatic heterocycles. The molecule has 2 fully saturated rings. The maximum atomic E-state index is 12.0. The molecule has 0 radical (unpaired) electrons. The lowest BCUT2D eigenvalue weighted by Gasteiger charge is -2.28. The summed E-state index contributed by atoms with van der Waals surface area (Å²) in [7, 11) is -3.01. The van der Waals surface area contributed by atoms with Crippen LogP contribution >= 0.6 is 0 Å². The van der Waals surface area contributed by atoms with Crippen molar-refractivity contribution in [3.05, 3.63) is 0 Å². The van der Waals surface area contributed by atoms with Crippen molar-refractivity contribution in [1.29, 1.82) is 0 Å². The molecule has 2 rings (SSSR count). The summed E-state index contributed by atoms with van der Waals surface area (Å²) in [5.74, 6) is 0.110. The van der Waals surface area contributed by atoms with Gasteiger partial charge in [-0.25, -0.2) is 8.42 Å². The summed E-state index contributed by atoms with van der Waals surface area (Å²) in [5, 5.41) is 2.85. The van der Waals surface area contributed by atoms with Gasteiger partial charge in [0.05, 0.1) is 11.8 Å². The van der Waals surface area contributed by atoms with E-state index >= 15 is 0 Å². The van der Waals surface area contributed by atoms with Gasteiger partial charge in [-0.05, 0) is 32.1 Å². The molecule has 1 saturated heterocycles. The number of carbonyl (C=O) groups excluding carboxylic acids is 1. The average Bonchev–Trinajstić information content (AvgIpc) is 2.85. The fourth-order valence-electron chi connectivity index (χ4n) is 3.15. The molecule has 0 aromatic carbocycles. The van der Waals surface area contributed by atoms with E-state index in [0.29, 0.717) is 6.42 Å². The first kappa shape index (κ1) is 14.8. The fraction of sp³-hybridized carbons (Fsp3) is 0.923. The Hall–Kier alpha value is -0.620. The highest BCUT2D eigenvalue weighted by molar-refractivity contribution is 7.91. The molecular weight excluding hydrogens is 264 g/mol. The number of nitrogens with one attached hydrogen (secondary N) is 1. The molecule has 0 aromatic rings. The van der Waals surface area contributed by atoms with E-state index in [1.165, 1.54) is 12.7 Å². The van der Waals surface area contributed by atoms with Crippen LogP contribution in [0.15, 0.2) is 0 Å². The highest BCUT2D eigenvalue weighted by atomic mass is 32.2. The van der Waals surface area contributed by atoms with Crippen molar-refractivity contribution >= 4 is 15.7 Å². The summed E-state index contributed by atoms with van der Waals surface area (Å²) in [6.45, 7) is 1.97. The van der Waals surface area contributed by atoms with Crippen molar-refractivity contribution in [3.8, 4) is 0 Å². The zero-order chi connectivity index (χ0) is 13.9. The predicted octanol–water partition coefficient (Wildman–Crippen LogP) is 0.554. The minimum atomic E-state index is -3.01. The molecule has 0 aromatic heterocycles. The van der Waals surface area contributed by atoms with E-state index in [9.17, 15) is 13.2 Å². The second-order valence-electron chi connectivity index (χ2n) is 5.73. The van der Waals surface area contributed by atoms with Crippen LogP contribution in [0.2, 0.25) is 0 Å². The Bertz CT molecular complexity index is 416. The molecule has 6 heteroatoms. The molecule has 0 spiro atoms. The second kappa shape index (κ2) is 6.22. The van der Waals surface area contributed by atoms with E-state index in [4.69, 9.17) is 0 Å². The lowest BCUT2D eigenvalue weighted by molar-refractivity contribution is -0.131. The minimum Gasteiger partial charge on any atom is -0.342 e. The van der Waals surface area contributed by atoms with Crippen LogP contribution in [0, 0.1) is 0 Å². The maximum absolute atomic E-state index is 12.0. The maximum Gasteiger partial charge on any atom is 0.236 e. The van der Waals surface area contributed by atoms with Crippen molar-refractivity contribution in [2.45, 2.75) is 49.8 Å². The van der Waals surface area contributed by atoms with Gasteiger partial charge in [-0.15, -0.1) is 0 Å². The van der Waals surface area contributed by atoms with Crippen molar-refractivity contribution in [2.75, 3.05) is 25.9 Å². The highest BCUT2D eigenvalue weighted by Crippen LogP contribution is 2.24. The Labute approximate surface area is 115 Å². The van der Waals surface area contributed by atoms with Gasteiger partial charge in [0.25, 0.3) is 0 Å². The number of sulfone groups is 1. The highest BCUT2D eigenvalue weighted by Gasteiger charge is 2.34. The predicted molar refractivity (Wildman–Crippen MR) is 74.7 cm³/mol. The largest absolute Gasteiger partial charge is 0.342 e. The Morgan fingerprint density at radius 1 is 1.16 bits per heavy atom. The smallest absolute Gasteiger partial charge is 0.236 e. The third kappa shape index (κ3) is 3.92. The van der Waals surface area contributed by atoms with Gasteiger partial charge in [0.2, 0.25) is 5.91 Å². The van der Waals surface area contributed by atoms with Gasteiger partial charge in [-0.1, -0.05) is 6.42 Å². The van der Waals surface area contributed by atoms with Gasteiger partial charge in [0.15, 0.2) is 9.84 Å². The summed E-state index contributed by atoms with van der Waals surface area (Å²) in [4.78, 5) is 13.9. The van der Waals surface area contributed by atoms with Gasteiger partial charge >= 0.3 is 0 Å². The quantitative estimate of drug-likeness (QED) is 0.820. The van der Waals surface area contributed by atoms with Crippen molar-refractivity contribution in [3.63, 3.8) is 0 Å². The van der Waals surface area contributed by atoms with E-state index in [2.05, 4.69) is 5.32 Å². The van der Waals surface area contributed by atoms with Gasteiger partial charge in [0.1, 0.15) is 0 Å². The summed E-state index contributed by atoms with van der Waals surface area (Å²) >= 11 is 0. The van der Waals surface area contributed by atoms with Crippen LogP contribution < -0.4 is 5.32 Å². The Kier molecular flexibility index (Phi) is 4.84. The Morgan fingerprint density at radius 2 is 1.84 bits per heavy atom. The summed E-state index contributed by atoms with van der Waals surface area (Å²) in [6.07, 6.45) is 7.16. The first-order chi connectivity index (χ1) is 8.98. The van der Waals surface area contributed by atoms with Crippen LogP contribution in [-0.2, 0) is 14.6 Å². The molecule has 1 amide bonds. The average molecular weight is 288 g/mol. The van der Waals surface area contributed by atoms with Crippen LogP contribution in [0.25, 0.3) is 0 Å². The molecule has 2 unspecified atom stereocenters. The molecule has 0 bridgehead atoms. The molecule has 110 valence electrons. The molecule has 2 aliphatic rings. The fourth-order valence-corrected chi connectivity index (χ4v) is 4.57. The van der Waals surface area contributed by atoms with Crippen LogP contribution in [0.5, 0.6) is 0 Å². The molecular formula is C13H24N2O3S. The SMILES string of the molecule is CS(=O)(=O)C1CCCC1NCC(=O)N1CCCCC1. The van der Waals surface area contributed by atoms with Crippen LogP contribution in [0.1, 0.15) is 38.5 Å². The third-order valence-corrected chi connectivity index (χ3v) is 5.89. The zero-order valence-corrected chi connectivity index (χ0v) is 12.4. The number of likely N-dealkylation sites (tertiary alicyclic amines) is 1. The normalized spacial score (nSPS) is 28.6. The van der Waals surface area contributed by atoms with Gasteiger partial charge in [-0.3, -0.25) is 4.79 Å². The number of rotatable bonds is 4.